The van der Waals surface area contributed by atoms with Crippen LogP contribution in [-0.2, 0) is 14.8 Å². The van der Waals surface area contributed by atoms with Gasteiger partial charge >= 0.3 is 0 Å². The van der Waals surface area contributed by atoms with Crippen LogP contribution in [0, 0.1) is 0 Å². The zero-order chi connectivity index (χ0) is 12.3. The van der Waals surface area contributed by atoms with E-state index in [1.165, 1.54) is 18.2 Å². The van der Waals surface area contributed by atoms with Gasteiger partial charge in [0.1, 0.15) is 0 Å². The molecule has 5 nitrogen and oxygen atoms in total. The third-order valence-corrected chi connectivity index (χ3v) is 2.87. The predicted octanol–water partition coefficient (Wildman–Crippen LogP) is 0.223. The van der Waals surface area contributed by atoms with Crippen LogP contribution in [0.3, 0.4) is 0 Å². The van der Waals surface area contributed by atoms with Crippen LogP contribution in [0.2, 0.25) is 0 Å². The molecule has 0 saturated heterocycles. The highest BCUT2D eigenvalue weighted by Gasteiger charge is 2.07. The smallest absolute Gasteiger partial charge is 0.244 e. The van der Waals surface area contributed by atoms with E-state index < -0.39 is 15.9 Å². The Morgan fingerprint density at radius 3 is 2.50 bits per heavy atom. The summed E-state index contributed by atoms with van der Waals surface area (Å²) < 4.78 is 22.1. The first-order valence-corrected chi connectivity index (χ1v) is 5.96. The maximum Gasteiger partial charge on any atom is 0.244 e. The normalized spacial score (nSPS) is 12.5. The van der Waals surface area contributed by atoms with Gasteiger partial charge in [0.15, 0.2) is 0 Å². The fourth-order valence-corrected chi connectivity index (χ4v) is 1.67. The molecule has 1 rings (SSSR count). The molecule has 0 heterocycles. The average Bonchev–Trinajstić information content (AvgIpc) is 2.16. The molecular formula is C10H12N2O3S. The summed E-state index contributed by atoms with van der Waals surface area (Å²) in [6, 6.07) is 5.95. The molecule has 1 aromatic carbocycles. The van der Waals surface area contributed by atoms with Crippen LogP contribution in [0.1, 0.15) is 12.5 Å². The van der Waals surface area contributed by atoms with Crippen molar-refractivity contribution < 1.29 is 13.2 Å². The largest absolute Gasteiger partial charge is 0.366 e. The monoisotopic (exact) mass is 240 g/mol. The van der Waals surface area contributed by atoms with Gasteiger partial charge in [0.05, 0.1) is 4.90 Å². The number of benzene rings is 1. The SMILES string of the molecule is CC(=Cc1cccc(S(N)(=O)=O)c1)C(N)=O. The number of nitrogens with two attached hydrogens (primary N) is 2. The maximum absolute atomic E-state index is 11.1. The van der Waals surface area contributed by atoms with Crippen molar-refractivity contribution >= 4 is 22.0 Å². The molecule has 16 heavy (non-hydrogen) atoms. The Morgan fingerprint density at radius 1 is 1.38 bits per heavy atom. The second kappa shape index (κ2) is 4.46. The van der Waals surface area contributed by atoms with Gasteiger partial charge in [0, 0.05) is 5.57 Å². The zero-order valence-corrected chi connectivity index (χ0v) is 9.49. The Hall–Kier alpha value is -1.66. The molecule has 6 heteroatoms. The van der Waals surface area contributed by atoms with E-state index in [0.29, 0.717) is 11.1 Å². The van der Waals surface area contributed by atoms with E-state index in [0.717, 1.165) is 0 Å². The number of primary sulfonamides is 1. The van der Waals surface area contributed by atoms with Gasteiger partial charge in [-0.05, 0) is 30.7 Å². The standard InChI is InChI=1S/C10H12N2O3S/c1-7(10(11)13)5-8-3-2-4-9(6-8)16(12,14)15/h2-6H,1H3,(H2,11,13)(H2,12,14,15). The van der Waals surface area contributed by atoms with Crippen LogP contribution in [-0.4, -0.2) is 14.3 Å². The van der Waals surface area contributed by atoms with Gasteiger partial charge in [-0.2, -0.15) is 0 Å². The molecule has 0 aliphatic rings. The molecule has 0 unspecified atom stereocenters. The molecule has 0 radical (unpaired) electrons. The van der Waals surface area contributed by atoms with Crippen molar-refractivity contribution in [3.63, 3.8) is 0 Å². The minimum absolute atomic E-state index is 0.00137. The summed E-state index contributed by atoms with van der Waals surface area (Å²) in [5.74, 6) is -0.555. The molecule has 1 amide bonds. The number of rotatable bonds is 3. The number of amides is 1. The van der Waals surface area contributed by atoms with Crippen molar-refractivity contribution in [1.29, 1.82) is 0 Å². The molecule has 0 aliphatic heterocycles. The number of hydrogen-bond donors (Lipinski definition) is 2. The number of sulfonamides is 1. The van der Waals surface area contributed by atoms with E-state index in [9.17, 15) is 13.2 Å². The fraction of sp³-hybridized carbons (Fsp3) is 0.100. The summed E-state index contributed by atoms with van der Waals surface area (Å²) >= 11 is 0. The third-order valence-electron chi connectivity index (χ3n) is 1.96. The fourth-order valence-electron chi connectivity index (χ4n) is 1.10. The van der Waals surface area contributed by atoms with Crippen molar-refractivity contribution in [2.75, 3.05) is 0 Å². The second-order valence-corrected chi connectivity index (χ2v) is 4.87. The Kier molecular flexibility index (Phi) is 3.46. The molecule has 0 atom stereocenters. The lowest BCUT2D eigenvalue weighted by molar-refractivity contribution is -0.114. The van der Waals surface area contributed by atoms with Gasteiger partial charge < -0.3 is 5.73 Å². The first-order chi connectivity index (χ1) is 7.30. The van der Waals surface area contributed by atoms with Gasteiger partial charge in [-0.1, -0.05) is 12.1 Å². The number of carbonyl (C=O) groups excluding carboxylic acids is 1. The summed E-state index contributed by atoms with van der Waals surface area (Å²) in [4.78, 5) is 10.8. The summed E-state index contributed by atoms with van der Waals surface area (Å²) in [6.07, 6.45) is 1.50. The van der Waals surface area contributed by atoms with E-state index >= 15 is 0 Å². The maximum atomic E-state index is 11.1. The molecule has 0 bridgehead atoms. The zero-order valence-electron chi connectivity index (χ0n) is 8.67. The first kappa shape index (κ1) is 12.4. The molecule has 0 spiro atoms. The lowest BCUT2D eigenvalue weighted by Crippen LogP contribution is -2.12. The number of hydrogen-bond acceptors (Lipinski definition) is 3. The quantitative estimate of drug-likeness (QED) is 0.738. The van der Waals surface area contributed by atoms with Crippen LogP contribution in [0.5, 0.6) is 0 Å². The van der Waals surface area contributed by atoms with Crippen LogP contribution >= 0.6 is 0 Å². The summed E-state index contributed by atoms with van der Waals surface area (Å²) in [5.41, 5.74) is 5.96. The van der Waals surface area contributed by atoms with Gasteiger partial charge in [0.25, 0.3) is 0 Å². The highest BCUT2D eigenvalue weighted by atomic mass is 32.2. The van der Waals surface area contributed by atoms with Gasteiger partial charge in [-0.3, -0.25) is 4.79 Å². The molecule has 0 saturated carbocycles. The van der Waals surface area contributed by atoms with Gasteiger partial charge in [-0.25, -0.2) is 13.6 Å². The molecule has 0 aromatic heterocycles. The first-order valence-electron chi connectivity index (χ1n) is 4.41. The van der Waals surface area contributed by atoms with Crippen molar-refractivity contribution in [1.82, 2.24) is 0 Å². The average molecular weight is 240 g/mol. The summed E-state index contributed by atoms with van der Waals surface area (Å²) in [5, 5.41) is 4.98. The Morgan fingerprint density at radius 2 is 2.00 bits per heavy atom. The van der Waals surface area contributed by atoms with E-state index in [1.54, 1.807) is 19.1 Å². The highest BCUT2D eigenvalue weighted by Crippen LogP contribution is 2.12. The van der Waals surface area contributed by atoms with Crippen LogP contribution in [0.15, 0.2) is 34.7 Å². The Bertz CT molecular complexity index is 547. The number of primary amides is 1. The Balaban J connectivity index is 3.20. The number of carbonyl (C=O) groups is 1. The molecule has 1 aromatic rings. The van der Waals surface area contributed by atoms with Gasteiger partial charge in [0.2, 0.25) is 15.9 Å². The molecule has 0 aliphatic carbocycles. The van der Waals surface area contributed by atoms with E-state index in [4.69, 9.17) is 10.9 Å². The minimum Gasteiger partial charge on any atom is -0.366 e. The molecule has 86 valence electrons. The van der Waals surface area contributed by atoms with Crippen LogP contribution < -0.4 is 10.9 Å². The lowest BCUT2D eigenvalue weighted by atomic mass is 10.1. The van der Waals surface area contributed by atoms with Crippen molar-refractivity contribution in [3.05, 3.63) is 35.4 Å². The third kappa shape index (κ3) is 3.18. The van der Waals surface area contributed by atoms with Crippen LogP contribution in [0.4, 0.5) is 0 Å². The topological polar surface area (TPSA) is 103 Å². The summed E-state index contributed by atoms with van der Waals surface area (Å²) in [7, 11) is -3.73. The van der Waals surface area contributed by atoms with E-state index in [1.807, 2.05) is 0 Å². The lowest BCUT2D eigenvalue weighted by Gasteiger charge is -2.00. The Labute approximate surface area is 93.8 Å². The van der Waals surface area contributed by atoms with Crippen molar-refractivity contribution in [2.45, 2.75) is 11.8 Å². The minimum atomic E-state index is -3.73. The van der Waals surface area contributed by atoms with Crippen molar-refractivity contribution in [3.8, 4) is 0 Å². The predicted molar refractivity (Wildman–Crippen MR) is 60.7 cm³/mol. The molecule has 0 fully saturated rings. The second-order valence-electron chi connectivity index (χ2n) is 3.31. The highest BCUT2D eigenvalue weighted by molar-refractivity contribution is 7.89. The van der Waals surface area contributed by atoms with Crippen molar-refractivity contribution in [2.24, 2.45) is 10.9 Å². The van der Waals surface area contributed by atoms with E-state index in [2.05, 4.69) is 0 Å². The molecular weight excluding hydrogens is 228 g/mol. The van der Waals surface area contributed by atoms with Gasteiger partial charge in [-0.15, -0.1) is 0 Å². The summed E-state index contributed by atoms with van der Waals surface area (Å²) in [6.45, 7) is 1.55. The van der Waals surface area contributed by atoms with E-state index in [-0.39, 0.29) is 4.90 Å². The van der Waals surface area contributed by atoms with Crippen LogP contribution in [0.25, 0.3) is 6.08 Å². The molecule has 4 N–H and O–H groups in total.